The van der Waals surface area contributed by atoms with Crippen LogP contribution < -0.4 is 15.6 Å². The minimum atomic E-state index is -0.234. The van der Waals surface area contributed by atoms with Crippen LogP contribution in [0.3, 0.4) is 0 Å². The predicted molar refractivity (Wildman–Crippen MR) is 118 cm³/mol. The number of aryl methyl sites for hydroxylation is 1. The number of hydrogen-bond donors (Lipinski definition) is 1. The van der Waals surface area contributed by atoms with E-state index in [1.54, 1.807) is 30.3 Å². The molecule has 1 aromatic heterocycles. The third-order valence-corrected chi connectivity index (χ3v) is 5.57. The van der Waals surface area contributed by atoms with Crippen LogP contribution in [0, 0.1) is 6.92 Å². The van der Waals surface area contributed by atoms with Crippen LogP contribution in [0.4, 0.5) is 0 Å². The van der Waals surface area contributed by atoms with Gasteiger partial charge < -0.3 is 10.1 Å². The first-order chi connectivity index (χ1) is 13.8. The quantitative estimate of drug-likeness (QED) is 0.472. The van der Waals surface area contributed by atoms with Crippen molar-refractivity contribution in [2.45, 2.75) is 32.0 Å². The molecule has 0 saturated carbocycles. The lowest BCUT2D eigenvalue weighted by atomic mass is 10.2. The Hall–Kier alpha value is -2.51. The molecule has 0 radical (unpaired) electrons. The molecule has 2 aromatic carbocycles. The van der Waals surface area contributed by atoms with Crippen molar-refractivity contribution in [3.05, 3.63) is 57.3 Å². The molecular formula is C21H22ClN3O3S. The van der Waals surface area contributed by atoms with E-state index in [1.807, 2.05) is 26.8 Å². The summed E-state index contributed by atoms with van der Waals surface area (Å²) in [6.07, 6.45) is 0. The van der Waals surface area contributed by atoms with Crippen LogP contribution >= 0.6 is 23.4 Å². The van der Waals surface area contributed by atoms with Crippen molar-refractivity contribution in [2.24, 2.45) is 0 Å². The van der Waals surface area contributed by atoms with Crippen molar-refractivity contribution < 1.29 is 9.53 Å². The van der Waals surface area contributed by atoms with E-state index in [2.05, 4.69) is 10.3 Å². The molecule has 1 heterocycles. The Balaban J connectivity index is 2.19. The molecule has 3 rings (SSSR count). The number of ether oxygens (including phenoxy) is 1. The largest absolute Gasteiger partial charge is 0.495 e. The summed E-state index contributed by atoms with van der Waals surface area (Å²) in [5.41, 5.74) is 1.67. The lowest BCUT2D eigenvalue weighted by Crippen LogP contribution is -2.32. The predicted octanol–water partition coefficient (Wildman–Crippen LogP) is 3.97. The van der Waals surface area contributed by atoms with Crippen LogP contribution in [-0.2, 0) is 4.79 Å². The van der Waals surface area contributed by atoms with Gasteiger partial charge in [0.1, 0.15) is 5.75 Å². The van der Waals surface area contributed by atoms with Crippen molar-refractivity contribution in [3.8, 4) is 11.4 Å². The van der Waals surface area contributed by atoms with Crippen LogP contribution in [0.2, 0.25) is 5.02 Å². The molecule has 1 amide bonds. The molecule has 0 fully saturated rings. The number of methoxy groups -OCH3 is 1. The summed E-state index contributed by atoms with van der Waals surface area (Å²) in [5.74, 6) is 0.462. The first kappa shape index (κ1) is 21.2. The Morgan fingerprint density at radius 2 is 2.03 bits per heavy atom. The summed E-state index contributed by atoms with van der Waals surface area (Å²) in [7, 11) is 1.52. The van der Waals surface area contributed by atoms with E-state index in [4.69, 9.17) is 16.3 Å². The molecular weight excluding hydrogens is 410 g/mol. The molecule has 0 aliphatic heterocycles. The number of carbonyl (C=O) groups excluding carboxylic acids is 1. The highest BCUT2D eigenvalue weighted by molar-refractivity contribution is 7.99. The van der Waals surface area contributed by atoms with Crippen molar-refractivity contribution in [1.82, 2.24) is 14.9 Å². The van der Waals surface area contributed by atoms with Gasteiger partial charge in [-0.1, -0.05) is 35.5 Å². The number of benzene rings is 2. The van der Waals surface area contributed by atoms with Crippen molar-refractivity contribution in [2.75, 3.05) is 12.9 Å². The minimum absolute atomic E-state index is 0.0360. The maximum Gasteiger partial charge on any atom is 0.266 e. The summed E-state index contributed by atoms with van der Waals surface area (Å²) in [4.78, 5) is 30.2. The zero-order valence-electron chi connectivity index (χ0n) is 16.7. The van der Waals surface area contributed by atoms with E-state index in [-0.39, 0.29) is 23.3 Å². The van der Waals surface area contributed by atoms with Crippen LogP contribution in [0.5, 0.6) is 5.75 Å². The molecule has 3 aromatic rings. The summed E-state index contributed by atoms with van der Waals surface area (Å²) < 4.78 is 6.96. The van der Waals surface area contributed by atoms with Gasteiger partial charge in [0.25, 0.3) is 5.56 Å². The first-order valence-corrected chi connectivity index (χ1v) is 10.5. The van der Waals surface area contributed by atoms with E-state index in [0.717, 1.165) is 5.56 Å². The lowest BCUT2D eigenvalue weighted by Gasteiger charge is -2.17. The molecule has 0 saturated heterocycles. The van der Waals surface area contributed by atoms with Gasteiger partial charge in [-0.3, -0.25) is 14.2 Å². The monoisotopic (exact) mass is 431 g/mol. The number of carbonyl (C=O) groups is 1. The highest BCUT2D eigenvalue weighted by Gasteiger charge is 2.19. The summed E-state index contributed by atoms with van der Waals surface area (Å²) >= 11 is 7.44. The Labute approximate surface area is 178 Å². The van der Waals surface area contributed by atoms with Gasteiger partial charge in [-0.25, -0.2) is 4.98 Å². The van der Waals surface area contributed by atoms with Crippen LogP contribution in [0.15, 0.2) is 46.3 Å². The number of nitrogens with one attached hydrogen (secondary N) is 1. The van der Waals surface area contributed by atoms with Gasteiger partial charge in [-0.15, -0.1) is 0 Å². The number of fused-ring (bicyclic) bond motifs is 1. The van der Waals surface area contributed by atoms with Gasteiger partial charge in [-0.05, 0) is 44.5 Å². The molecule has 6 nitrogen and oxygen atoms in total. The number of nitrogens with zero attached hydrogens (tertiary/aromatic N) is 2. The molecule has 152 valence electrons. The molecule has 0 aliphatic rings. The summed E-state index contributed by atoms with van der Waals surface area (Å²) in [5, 5.41) is 4.28. The molecule has 1 N–H and O–H groups in total. The zero-order chi connectivity index (χ0) is 21.1. The Kier molecular flexibility index (Phi) is 6.49. The number of rotatable bonds is 6. The van der Waals surface area contributed by atoms with Crippen LogP contribution in [-0.4, -0.2) is 34.4 Å². The van der Waals surface area contributed by atoms with E-state index in [0.29, 0.717) is 32.5 Å². The Morgan fingerprint density at radius 1 is 1.31 bits per heavy atom. The number of amides is 1. The molecule has 29 heavy (non-hydrogen) atoms. The second-order valence-corrected chi connectivity index (χ2v) is 8.19. The highest BCUT2D eigenvalue weighted by atomic mass is 35.5. The van der Waals surface area contributed by atoms with Crippen molar-refractivity contribution in [1.29, 1.82) is 0 Å². The summed E-state index contributed by atoms with van der Waals surface area (Å²) in [6.45, 7) is 5.65. The molecule has 0 aliphatic carbocycles. The third kappa shape index (κ3) is 4.57. The Morgan fingerprint density at radius 3 is 2.72 bits per heavy atom. The van der Waals surface area contributed by atoms with Gasteiger partial charge in [0, 0.05) is 17.1 Å². The average molecular weight is 432 g/mol. The second-order valence-electron chi connectivity index (χ2n) is 6.84. The fraction of sp³-hybridized carbons (Fsp3) is 0.286. The van der Waals surface area contributed by atoms with E-state index >= 15 is 0 Å². The lowest BCUT2D eigenvalue weighted by molar-refractivity contribution is -0.119. The number of halogens is 1. The topological polar surface area (TPSA) is 73.2 Å². The van der Waals surface area contributed by atoms with Gasteiger partial charge in [0.15, 0.2) is 5.16 Å². The van der Waals surface area contributed by atoms with E-state index in [9.17, 15) is 9.59 Å². The average Bonchev–Trinajstić information content (AvgIpc) is 2.68. The van der Waals surface area contributed by atoms with Crippen LogP contribution in [0.25, 0.3) is 16.6 Å². The minimum Gasteiger partial charge on any atom is -0.495 e. The zero-order valence-corrected chi connectivity index (χ0v) is 18.2. The van der Waals surface area contributed by atoms with Gasteiger partial charge in [-0.2, -0.15) is 0 Å². The smallest absolute Gasteiger partial charge is 0.266 e. The molecule has 0 spiro atoms. The van der Waals surface area contributed by atoms with Gasteiger partial charge in [0.2, 0.25) is 5.91 Å². The fourth-order valence-electron chi connectivity index (χ4n) is 2.90. The molecule has 0 bridgehead atoms. The standard InChI is InChI=1S/C21H22ClN3O3S/c1-12(2)23-19(26)11-29-21-24-16-8-6-5-7-14(16)20(27)25(21)17-9-13(3)15(22)10-18(17)28-4/h5-10,12H,11H2,1-4H3,(H,23,26). The fourth-order valence-corrected chi connectivity index (χ4v) is 3.87. The van der Waals surface area contributed by atoms with E-state index in [1.165, 1.54) is 23.4 Å². The molecule has 0 unspecified atom stereocenters. The maximum atomic E-state index is 13.4. The van der Waals surface area contributed by atoms with Crippen molar-refractivity contribution >= 4 is 40.2 Å². The summed E-state index contributed by atoms with van der Waals surface area (Å²) in [6, 6.07) is 10.6. The SMILES string of the molecule is COc1cc(Cl)c(C)cc1-n1c(SCC(=O)NC(C)C)nc2ccccc2c1=O. The van der Waals surface area contributed by atoms with E-state index < -0.39 is 0 Å². The first-order valence-electron chi connectivity index (χ1n) is 9.10. The molecule has 8 heteroatoms. The van der Waals surface area contributed by atoms with Crippen molar-refractivity contribution in [3.63, 3.8) is 0 Å². The third-order valence-electron chi connectivity index (χ3n) is 4.23. The second kappa shape index (κ2) is 8.88. The number of aromatic nitrogens is 2. The van der Waals surface area contributed by atoms with Gasteiger partial charge >= 0.3 is 0 Å². The van der Waals surface area contributed by atoms with Gasteiger partial charge in [0.05, 0.1) is 29.5 Å². The maximum absolute atomic E-state index is 13.4. The highest BCUT2D eigenvalue weighted by Crippen LogP contribution is 2.31. The van der Waals surface area contributed by atoms with Crippen LogP contribution in [0.1, 0.15) is 19.4 Å². The number of hydrogen-bond acceptors (Lipinski definition) is 5. The number of para-hydroxylation sites is 1. The number of thioether (sulfide) groups is 1. The Bertz CT molecular complexity index is 1130. The normalized spacial score (nSPS) is 11.1. The molecule has 0 atom stereocenters.